The molecule has 0 aliphatic carbocycles. The predicted octanol–water partition coefficient (Wildman–Crippen LogP) is 2.54. The van der Waals surface area contributed by atoms with Crippen LogP contribution in [0.15, 0.2) is 42.7 Å². The minimum Gasteiger partial charge on any atom is -0.309 e. The highest BCUT2D eigenvalue weighted by Crippen LogP contribution is 2.15. The number of aromatic nitrogens is 2. The zero-order valence-electron chi connectivity index (χ0n) is 10.4. The number of nitrogens with zero attached hydrogens (tertiary/aromatic N) is 2. The van der Waals surface area contributed by atoms with Gasteiger partial charge in [0, 0.05) is 12.4 Å². The third-order valence-electron chi connectivity index (χ3n) is 2.86. The third-order valence-corrected chi connectivity index (χ3v) is 2.86. The van der Waals surface area contributed by atoms with Gasteiger partial charge in [-0.15, -0.1) is 0 Å². The van der Waals surface area contributed by atoms with Crippen LogP contribution >= 0.6 is 0 Å². The summed E-state index contributed by atoms with van der Waals surface area (Å²) in [4.78, 5) is 0. The van der Waals surface area contributed by atoms with Gasteiger partial charge in [-0.2, -0.15) is 5.10 Å². The summed E-state index contributed by atoms with van der Waals surface area (Å²) in [5.74, 6) is 0. The second-order valence-electron chi connectivity index (χ2n) is 4.25. The van der Waals surface area contributed by atoms with Crippen molar-refractivity contribution < 1.29 is 0 Å². The molecule has 3 heteroatoms. The molecule has 1 heterocycles. The fraction of sp³-hybridized carbons (Fsp3) is 0.357. The number of aryl methyl sites for hydroxylation is 1. The van der Waals surface area contributed by atoms with Crippen LogP contribution < -0.4 is 5.32 Å². The number of rotatable bonds is 5. The predicted molar refractivity (Wildman–Crippen MR) is 69.8 cm³/mol. The van der Waals surface area contributed by atoms with Gasteiger partial charge >= 0.3 is 0 Å². The minimum atomic E-state index is 0.320. The molecule has 1 atom stereocenters. The van der Waals surface area contributed by atoms with Gasteiger partial charge in [-0.1, -0.05) is 36.8 Å². The van der Waals surface area contributed by atoms with E-state index >= 15 is 0 Å². The molecule has 3 nitrogen and oxygen atoms in total. The summed E-state index contributed by atoms with van der Waals surface area (Å²) in [6.07, 6.45) is 3.82. The van der Waals surface area contributed by atoms with Crippen molar-refractivity contribution in [3.8, 4) is 0 Å². The van der Waals surface area contributed by atoms with Gasteiger partial charge in [-0.05, 0) is 25.1 Å². The van der Waals surface area contributed by atoms with Crippen LogP contribution in [0.2, 0.25) is 0 Å². The van der Waals surface area contributed by atoms with E-state index in [2.05, 4.69) is 48.5 Å². The molecule has 2 aromatic rings. The van der Waals surface area contributed by atoms with Gasteiger partial charge < -0.3 is 5.32 Å². The number of hydrogen-bond donors (Lipinski definition) is 1. The highest BCUT2D eigenvalue weighted by atomic mass is 15.3. The molecule has 0 aliphatic rings. The molecule has 90 valence electrons. The van der Waals surface area contributed by atoms with Crippen LogP contribution in [0.5, 0.6) is 0 Å². The van der Waals surface area contributed by atoms with E-state index < -0.39 is 0 Å². The second-order valence-corrected chi connectivity index (χ2v) is 4.25. The molecule has 1 unspecified atom stereocenters. The van der Waals surface area contributed by atoms with Crippen LogP contribution in [-0.4, -0.2) is 16.3 Å². The Morgan fingerprint density at radius 3 is 2.65 bits per heavy atom. The van der Waals surface area contributed by atoms with Crippen molar-refractivity contribution in [1.29, 1.82) is 0 Å². The van der Waals surface area contributed by atoms with Crippen LogP contribution in [0.4, 0.5) is 0 Å². The summed E-state index contributed by atoms with van der Waals surface area (Å²) in [6.45, 7) is 6.06. The lowest BCUT2D eigenvalue weighted by Crippen LogP contribution is -2.25. The molecule has 0 fully saturated rings. The molecule has 0 saturated heterocycles. The Hall–Kier alpha value is -1.61. The molecule has 2 rings (SSSR count). The van der Waals surface area contributed by atoms with Gasteiger partial charge in [-0.3, -0.25) is 4.68 Å². The van der Waals surface area contributed by atoms with Crippen molar-refractivity contribution in [3.63, 3.8) is 0 Å². The number of hydrogen-bond acceptors (Lipinski definition) is 2. The molecule has 1 aromatic heterocycles. The lowest BCUT2D eigenvalue weighted by Gasteiger charge is -2.18. The van der Waals surface area contributed by atoms with Crippen LogP contribution in [0.1, 0.15) is 24.1 Å². The lowest BCUT2D eigenvalue weighted by atomic mass is 10.1. The van der Waals surface area contributed by atoms with Crippen LogP contribution in [0.3, 0.4) is 0 Å². The monoisotopic (exact) mass is 229 g/mol. The number of nitrogens with one attached hydrogen (secondary N) is 1. The SMILES string of the molecule is CCNC(Cn1cccn1)c1ccc(C)cc1. The van der Waals surface area contributed by atoms with Crippen LogP contribution in [-0.2, 0) is 6.54 Å². The van der Waals surface area contributed by atoms with E-state index in [9.17, 15) is 0 Å². The molecular weight excluding hydrogens is 210 g/mol. The Labute approximate surface area is 102 Å². The van der Waals surface area contributed by atoms with Gasteiger partial charge in [0.2, 0.25) is 0 Å². The second kappa shape index (κ2) is 5.64. The van der Waals surface area contributed by atoms with Crippen LogP contribution in [0.25, 0.3) is 0 Å². The van der Waals surface area contributed by atoms with E-state index in [-0.39, 0.29) is 0 Å². The zero-order valence-corrected chi connectivity index (χ0v) is 10.4. The molecule has 1 N–H and O–H groups in total. The first-order chi connectivity index (χ1) is 8.29. The molecule has 1 aromatic carbocycles. The molecule has 0 saturated carbocycles. The Balaban J connectivity index is 2.13. The van der Waals surface area contributed by atoms with Crippen molar-refractivity contribution in [3.05, 3.63) is 53.9 Å². The Bertz CT molecular complexity index is 431. The Morgan fingerprint density at radius 2 is 2.06 bits per heavy atom. The lowest BCUT2D eigenvalue weighted by molar-refractivity contribution is 0.448. The maximum Gasteiger partial charge on any atom is 0.0604 e. The number of benzene rings is 1. The first-order valence-electron chi connectivity index (χ1n) is 6.07. The quantitative estimate of drug-likeness (QED) is 0.854. The molecular formula is C14H19N3. The molecule has 0 aliphatic heterocycles. The van der Waals surface area contributed by atoms with Crippen molar-refractivity contribution in [1.82, 2.24) is 15.1 Å². The summed E-state index contributed by atoms with van der Waals surface area (Å²) in [5, 5.41) is 7.75. The molecule has 0 amide bonds. The van der Waals surface area contributed by atoms with Gasteiger partial charge in [0.15, 0.2) is 0 Å². The third kappa shape index (κ3) is 3.17. The largest absolute Gasteiger partial charge is 0.309 e. The summed E-state index contributed by atoms with van der Waals surface area (Å²) in [6, 6.07) is 11.0. The van der Waals surface area contributed by atoms with Gasteiger partial charge in [0.1, 0.15) is 0 Å². The highest BCUT2D eigenvalue weighted by Gasteiger charge is 2.10. The van der Waals surface area contributed by atoms with E-state index in [1.165, 1.54) is 11.1 Å². The smallest absolute Gasteiger partial charge is 0.0604 e. The molecule has 17 heavy (non-hydrogen) atoms. The average molecular weight is 229 g/mol. The van der Waals surface area contributed by atoms with E-state index in [0.717, 1.165) is 13.1 Å². The molecule has 0 radical (unpaired) electrons. The normalized spacial score (nSPS) is 12.6. The highest BCUT2D eigenvalue weighted by molar-refractivity contribution is 5.24. The summed E-state index contributed by atoms with van der Waals surface area (Å²) in [5.41, 5.74) is 2.61. The van der Waals surface area contributed by atoms with Crippen molar-refractivity contribution in [2.75, 3.05) is 6.54 Å². The molecule has 0 bridgehead atoms. The fourth-order valence-electron chi connectivity index (χ4n) is 1.93. The minimum absolute atomic E-state index is 0.320. The van der Waals surface area contributed by atoms with Crippen molar-refractivity contribution in [2.45, 2.75) is 26.4 Å². The Kier molecular flexibility index (Phi) is 3.94. The standard InChI is InChI=1S/C14H19N3/c1-3-15-14(11-17-10-4-9-16-17)13-7-5-12(2)6-8-13/h4-10,14-15H,3,11H2,1-2H3. The van der Waals surface area contributed by atoms with Gasteiger partial charge in [0.05, 0.1) is 12.6 Å². The van der Waals surface area contributed by atoms with E-state index in [1.807, 2.05) is 23.1 Å². The van der Waals surface area contributed by atoms with Gasteiger partial charge in [-0.25, -0.2) is 0 Å². The average Bonchev–Trinajstić information content (AvgIpc) is 2.82. The summed E-state index contributed by atoms with van der Waals surface area (Å²) < 4.78 is 1.97. The maximum atomic E-state index is 4.26. The van der Waals surface area contributed by atoms with Crippen molar-refractivity contribution >= 4 is 0 Å². The van der Waals surface area contributed by atoms with Crippen LogP contribution in [0, 0.1) is 6.92 Å². The Morgan fingerprint density at radius 1 is 1.29 bits per heavy atom. The van der Waals surface area contributed by atoms with E-state index in [1.54, 1.807) is 0 Å². The van der Waals surface area contributed by atoms with E-state index in [0.29, 0.717) is 6.04 Å². The van der Waals surface area contributed by atoms with Gasteiger partial charge in [0.25, 0.3) is 0 Å². The zero-order chi connectivity index (χ0) is 12.1. The first kappa shape index (κ1) is 11.9. The first-order valence-corrected chi connectivity index (χ1v) is 6.07. The van der Waals surface area contributed by atoms with E-state index in [4.69, 9.17) is 0 Å². The molecule has 0 spiro atoms. The maximum absolute atomic E-state index is 4.26. The fourth-order valence-corrected chi connectivity index (χ4v) is 1.93. The van der Waals surface area contributed by atoms with Crippen molar-refractivity contribution in [2.24, 2.45) is 0 Å². The number of likely N-dealkylation sites (N-methyl/N-ethyl adjacent to an activating group) is 1. The summed E-state index contributed by atoms with van der Waals surface area (Å²) >= 11 is 0. The topological polar surface area (TPSA) is 29.9 Å². The summed E-state index contributed by atoms with van der Waals surface area (Å²) in [7, 11) is 0.